The van der Waals surface area contributed by atoms with Crippen LogP contribution in [0.15, 0.2) is 34.8 Å². The number of rotatable bonds is 2. The number of hydrogen-bond donors (Lipinski definition) is 2. The fourth-order valence-corrected chi connectivity index (χ4v) is 2.49. The van der Waals surface area contributed by atoms with E-state index in [-0.39, 0.29) is 5.75 Å². The van der Waals surface area contributed by atoms with Crippen LogP contribution in [-0.2, 0) is 6.54 Å². The minimum absolute atomic E-state index is 0.288. The van der Waals surface area contributed by atoms with Crippen molar-refractivity contribution in [2.45, 2.75) is 6.54 Å². The zero-order valence-corrected chi connectivity index (χ0v) is 10.0. The highest BCUT2D eigenvalue weighted by molar-refractivity contribution is 9.10. The predicted octanol–water partition coefficient (Wildman–Crippen LogP) is 3.03. The van der Waals surface area contributed by atoms with Crippen LogP contribution in [0, 0.1) is 0 Å². The predicted molar refractivity (Wildman–Crippen MR) is 66.1 cm³/mol. The van der Waals surface area contributed by atoms with Crippen molar-refractivity contribution in [3.63, 3.8) is 0 Å². The molecule has 0 aliphatic rings. The van der Waals surface area contributed by atoms with Crippen molar-refractivity contribution in [1.82, 2.24) is 5.32 Å². The van der Waals surface area contributed by atoms with Gasteiger partial charge in [-0.2, -0.15) is 0 Å². The quantitative estimate of drug-likeness (QED) is 0.875. The molecule has 0 heterocycles. The van der Waals surface area contributed by atoms with Crippen LogP contribution in [0.1, 0.15) is 5.56 Å². The molecule has 0 saturated heterocycles. The van der Waals surface area contributed by atoms with Gasteiger partial charge >= 0.3 is 0 Å². The molecule has 0 fully saturated rings. The Morgan fingerprint density at radius 2 is 2.13 bits per heavy atom. The van der Waals surface area contributed by atoms with Gasteiger partial charge in [0.2, 0.25) is 0 Å². The van der Waals surface area contributed by atoms with E-state index in [2.05, 4.69) is 27.3 Å². The maximum Gasteiger partial charge on any atom is 0.117 e. The van der Waals surface area contributed by atoms with Crippen molar-refractivity contribution < 1.29 is 5.11 Å². The third-order valence-corrected chi connectivity index (χ3v) is 2.99. The second kappa shape index (κ2) is 4.21. The van der Waals surface area contributed by atoms with Crippen LogP contribution in [-0.4, -0.2) is 12.2 Å². The molecule has 0 amide bonds. The van der Waals surface area contributed by atoms with Crippen LogP contribution in [0.2, 0.25) is 0 Å². The maximum atomic E-state index is 9.49. The molecule has 0 spiro atoms. The number of hydrogen-bond acceptors (Lipinski definition) is 2. The van der Waals surface area contributed by atoms with Crippen molar-refractivity contribution in [1.29, 1.82) is 0 Å². The number of fused-ring (bicyclic) bond motifs is 1. The molecule has 0 aliphatic carbocycles. The Morgan fingerprint density at radius 1 is 1.33 bits per heavy atom. The van der Waals surface area contributed by atoms with E-state index in [0.29, 0.717) is 0 Å². The van der Waals surface area contributed by atoms with Crippen molar-refractivity contribution in [3.05, 3.63) is 40.4 Å². The molecule has 3 heteroatoms. The highest BCUT2D eigenvalue weighted by Gasteiger charge is 2.05. The minimum Gasteiger partial charge on any atom is -0.508 e. The van der Waals surface area contributed by atoms with E-state index in [0.717, 1.165) is 21.8 Å². The highest BCUT2D eigenvalue weighted by Crippen LogP contribution is 2.31. The van der Waals surface area contributed by atoms with Gasteiger partial charge in [0.1, 0.15) is 5.75 Å². The number of phenols is 1. The molecule has 0 saturated carbocycles. The molecule has 0 radical (unpaired) electrons. The third-order valence-electron chi connectivity index (χ3n) is 2.37. The Morgan fingerprint density at radius 3 is 2.87 bits per heavy atom. The second-order valence-electron chi connectivity index (χ2n) is 3.47. The van der Waals surface area contributed by atoms with E-state index in [1.54, 1.807) is 12.1 Å². The first-order valence-electron chi connectivity index (χ1n) is 4.77. The summed E-state index contributed by atoms with van der Waals surface area (Å²) in [6, 6.07) is 9.58. The monoisotopic (exact) mass is 265 g/mol. The van der Waals surface area contributed by atoms with E-state index < -0.39 is 0 Å². The lowest BCUT2D eigenvalue weighted by molar-refractivity contribution is 0.476. The van der Waals surface area contributed by atoms with Gasteiger partial charge in [-0.15, -0.1) is 0 Å². The fraction of sp³-hybridized carbons (Fsp3) is 0.167. The Labute approximate surface area is 97.1 Å². The van der Waals surface area contributed by atoms with E-state index in [1.807, 2.05) is 19.2 Å². The summed E-state index contributed by atoms with van der Waals surface area (Å²) >= 11 is 3.48. The summed E-state index contributed by atoms with van der Waals surface area (Å²) in [5.74, 6) is 0.288. The van der Waals surface area contributed by atoms with Crippen LogP contribution >= 0.6 is 15.9 Å². The van der Waals surface area contributed by atoms with Gasteiger partial charge in [0, 0.05) is 16.4 Å². The van der Waals surface area contributed by atoms with Gasteiger partial charge in [0.05, 0.1) is 0 Å². The molecule has 2 nitrogen and oxygen atoms in total. The number of aromatic hydroxyl groups is 1. The summed E-state index contributed by atoms with van der Waals surface area (Å²) in [5, 5.41) is 14.8. The first kappa shape index (κ1) is 10.5. The van der Waals surface area contributed by atoms with E-state index in [9.17, 15) is 5.11 Å². The van der Waals surface area contributed by atoms with Crippen LogP contribution < -0.4 is 5.32 Å². The molecule has 2 rings (SSSR count). The summed E-state index contributed by atoms with van der Waals surface area (Å²) in [6.45, 7) is 0.820. The Hall–Kier alpha value is -1.06. The molecular formula is C12H12BrNO. The Kier molecular flexibility index (Phi) is 2.93. The number of phenolic OH excluding ortho intramolecular Hbond substituents is 1. The van der Waals surface area contributed by atoms with Gasteiger partial charge < -0.3 is 10.4 Å². The average molecular weight is 266 g/mol. The molecule has 0 bridgehead atoms. The maximum absolute atomic E-state index is 9.49. The van der Waals surface area contributed by atoms with Crippen LogP contribution in [0.25, 0.3) is 10.8 Å². The lowest BCUT2D eigenvalue weighted by Gasteiger charge is -2.08. The lowest BCUT2D eigenvalue weighted by atomic mass is 10.0. The van der Waals surface area contributed by atoms with Gasteiger partial charge in [0.25, 0.3) is 0 Å². The first-order valence-corrected chi connectivity index (χ1v) is 5.56. The molecular weight excluding hydrogens is 254 g/mol. The summed E-state index contributed by atoms with van der Waals surface area (Å²) in [4.78, 5) is 0. The molecule has 2 aromatic carbocycles. The Balaban J connectivity index is 2.73. The minimum atomic E-state index is 0.288. The first-order chi connectivity index (χ1) is 7.22. The molecule has 0 atom stereocenters. The number of nitrogens with one attached hydrogen (secondary N) is 1. The van der Waals surface area contributed by atoms with Crippen LogP contribution in [0.5, 0.6) is 5.75 Å². The largest absolute Gasteiger partial charge is 0.508 e. The molecule has 78 valence electrons. The van der Waals surface area contributed by atoms with Crippen molar-refractivity contribution >= 4 is 26.7 Å². The lowest BCUT2D eigenvalue weighted by Crippen LogP contribution is -2.05. The smallest absolute Gasteiger partial charge is 0.117 e. The Bertz CT molecular complexity index is 496. The molecule has 2 N–H and O–H groups in total. The van der Waals surface area contributed by atoms with E-state index >= 15 is 0 Å². The summed E-state index contributed by atoms with van der Waals surface area (Å²) < 4.78 is 0.934. The van der Waals surface area contributed by atoms with E-state index in [4.69, 9.17) is 0 Å². The normalized spacial score (nSPS) is 10.8. The summed E-state index contributed by atoms with van der Waals surface area (Å²) in [7, 11) is 1.92. The third kappa shape index (κ3) is 1.98. The molecule has 15 heavy (non-hydrogen) atoms. The van der Waals surface area contributed by atoms with Gasteiger partial charge in [-0.1, -0.05) is 34.1 Å². The average Bonchev–Trinajstić information content (AvgIpc) is 2.17. The summed E-state index contributed by atoms with van der Waals surface area (Å²) in [5.41, 5.74) is 1.22. The van der Waals surface area contributed by atoms with Crippen molar-refractivity contribution in [3.8, 4) is 5.75 Å². The van der Waals surface area contributed by atoms with Crippen molar-refractivity contribution in [2.75, 3.05) is 7.05 Å². The highest BCUT2D eigenvalue weighted by atomic mass is 79.9. The fourth-order valence-electron chi connectivity index (χ4n) is 1.77. The second-order valence-corrected chi connectivity index (χ2v) is 4.33. The zero-order valence-electron chi connectivity index (χ0n) is 8.42. The van der Waals surface area contributed by atoms with Crippen LogP contribution in [0.4, 0.5) is 0 Å². The van der Waals surface area contributed by atoms with Crippen LogP contribution in [0.3, 0.4) is 0 Å². The summed E-state index contributed by atoms with van der Waals surface area (Å²) in [6.07, 6.45) is 0. The number of benzene rings is 2. The van der Waals surface area contributed by atoms with Gasteiger partial charge in [-0.3, -0.25) is 0 Å². The van der Waals surface area contributed by atoms with Gasteiger partial charge in [0.15, 0.2) is 0 Å². The number of halogens is 1. The topological polar surface area (TPSA) is 32.3 Å². The van der Waals surface area contributed by atoms with Gasteiger partial charge in [-0.25, -0.2) is 0 Å². The van der Waals surface area contributed by atoms with Crippen molar-refractivity contribution in [2.24, 2.45) is 0 Å². The zero-order chi connectivity index (χ0) is 10.8. The standard InChI is InChI=1S/C12H12BrNO/c1-14-7-9-4-2-3-8-5-10(15)6-11(13)12(8)9/h2-6,14-15H,7H2,1H3. The van der Waals surface area contributed by atoms with E-state index in [1.165, 1.54) is 5.56 Å². The molecule has 0 aromatic heterocycles. The SMILES string of the molecule is CNCc1cccc2cc(O)cc(Br)c12. The molecule has 2 aromatic rings. The molecule has 0 aliphatic heterocycles. The molecule has 0 unspecified atom stereocenters. The van der Waals surface area contributed by atoms with Gasteiger partial charge in [-0.05, 0) is 30.1 Å².